The Labute approximate surface area is 201 Å². The summed E-state index contributed by atoms with van der Waals surface area (Å²) in [6.45, 7) is 13.7. The molecular weight excluding hydrogens is 440 g/mol. The summed E-state index contributed by atoms with van der Waals surface area (Å²) in [6.07, 6.45) is -1.37. The third-order valence-corrected chi connectivity index (χ3v) is 4.70. The largest absolute Gasteiger partial charge is 0.508 e. The summed E-state index contributed by atoms with van der Waals surface area (Å²) < 4.78 is 5.23. The fourth-order valence-corrected chi connectivity index (χ4v) is 3.36. The van der Waals surface area contributed by atoms with Crippen molar-refractivity contribution in [1.29, 1.82) is 0 Å². The average Bonchev–Trinajstić information content (AvgIpc) is 2.64. The summed E-state index contributed by atoms with van der Waals surface area (Å²) in [5.41, 5.74) is 5.51. The number of carbonyl (C=O) groups excluding carboxylic acids is 4. The summed E-state index contributed by atoms with van der Waals surface area (Å²) in [4.78, 5) is 52.4. The maximum Gasteiger partial charge on any atom is 0.408 e. The van der Waals surface area contributed by atoms with Gasteiger partial charge in [-0.25, -0.2) is 4.79 Å². The highest BCUT2D eigenvalue weighted by Crippen LogP contribution is 2.29. The SMILES string of the molecule is Cc1cc(C(C(=O)NC(C)C)N(C(=O)C(CC(N)=O)NC(=O)OC(C)(C)C)C(C)C)ccc1O. The number of hydrogen-bond acceptors (Lipinski definition) is 6. The zero-order valence-corrected chi connectivity index (χ0v) is 21.3. The van der Waals surface area contributed by atoms with E-state index in [1.165, 1.54) is 11.0 Å². The number of aryl methyl sites for hydroxylation is 1. The van der Waals surface area contributed by atoms with Crippen LogP contribution in [0, 0.1) is 6.92 Å². The molecule has 34 heavy (non-hydrogen) atoms. The Balaban J connectivity index is 3.51. The maximum absolute atomic E-state index is 13.7. The molecule has 0 fully saturated rings. The number of alkyl carbamates (subject to hydrolysis) is 1. The lowest BCUT2D eigenvalue weighted by molar-refractivity contribution is -0.145. The smallest absolute Gasteiger partial charge is 0.408 e. The number of nitrogens with two attached hydrogens (primary N) is 1. The number of nitrogens with one attached hydrogen (secondary N) is 2. The third-order valence-electron chi connectivity index (χ3n) is 4.70. The Kier molecular flexibility index (Phi) is 9.90. The van der Waals surface area contributed by atoms with E-state index in [-0.39, 0.29) is 11.8 Å². The van der Waals surface area contributed by atoms with Gasteiger partial charge in [0.15, 0.2) is 0 Å². The van der Waals surface area contributed by atoms with Gasteiger partial charge in [0, 0.05) is 12.1 Å². The van der Waals surface area contributed by atoms with Gasteiger partial charge in [0.2, 0.25) is 17.7 Å². The molecule has 0 saturated carbocycles. The quantitative estimate of drug-likeness (QED) is 0.427. The number of ether oxygens (including phenoxy) is 1. The number of rotatable bonds is 9. The van der Waals surface area contributed by atoms with Crippen molar-refractivity contribution in [3.05, 3.63) is 29.3 Å². The lowest BCUT2D eigenvalue weighted by Gasteiger charge is -2.37. The Morgan fingerprint density at radius 2 is 1.68 bits per heavy atom. The van der Waals surface area contributed by atoms with Gasteiger partial charge in [0.25, 0.3) is 0 Å². The second-order valence-electron chi connectivity index (χ2n) is 9.82. The number of amides is 4. The van der Waals surface area contributed by atoms with Crippen LogP contribution in [-0.2, 0) is 19.1 Å². The fourth-order valence-electron chi connectivity index (χ4n) is 3.36. The van der Waals surface area contributed by atoms with Gasteiger partial charge in [-0.15, -0.1) is 0 Å². The molecule has 0 heterocycles. The fraction of sp³-hybridized carbons (Fsp3) is 0.583. The molecule has 10 heteroatoms. The van der Waals surface area contributed by atoms with Crippen molar-refractivity contribution in [2.45, 2.75) is 91.6 Å². The van der Waals surface area contributed by atoms with E-state index >= 15 is 0 Å². The van der Waals surface area contributed by atoms with Crippen LogP contribution < -0.4 is 16.4 Å². The monoisotopic (exact) mass is 478 g/mol. The van der Waals surface area contributed by atoms with Crippen LogP contribution in [-0.4, -0.2) is 57.5 Å². The van der Waals surface area contributed by atoms with E-state index in [4.69, 9.17) is 10.5 Å². The summed E-state index contributed by atoms with van der Waals surface area (Å²) in [7, 11) is 0. The van der Waals surface area contributed by atoms with Crippen LogP contribution in [0.25, 0.3) is 0 Å². The molecule has 0 aliphatic heterocycles. The van der Waals surface area contributed by atoms with Crippen molar-refractivity contribution in [3.8, 4) is 5.75 Å². The summed E-state index contributed by atoms with van der Waals surface area (Å²) in [5.74, 6) is -1.87. The molecule has 0 aromatic heterocycles. The first-order valence-electron chi connectivity index (χ1n) is 11.2. The first-order valence-corrected chi connectivity index (χ1v) is 11.2. The van der Waals surface area contributed by atoms with E-state index < -0.39 is 54.0 Å². The lowest BCUT2D eigenvalue weighted by atomic mass is 9.98. The number of phenols is 1. The molecular formula is C24H38N4O6. The van der Waals surface area contributed by atoms with Gasteiger partial charge in [-0.05, 0) is 78.6 Å². The minimum absolute atomic E-state index is 0.0485. The molecule has 0 bridgehead atoms. The van der Waals surface area contributed by atoms with Crippen LogP contribution in [0.1, 0.15) is 72.1 Å². The first kappa shape index (κ1) is 28.7. The van der Waals surface area contributed by atoms with Gasteiger partial charge in [0.05, 0.1) is 6.42 Å². The molecule has 5 N–H and O–H groups in total. The molecule has 0 saturated heterocycles. The van der Waals surface area contributed by atoms with Gasteiger partial charge < -0.3 is 31.1 Å². The number of hydrogen-bond donors (Lipinski definition) is 4. The molecule has 4 amide bonds. The van der Waals surface area contributed by atoms with Crippen LogP contribution in [0.3, 0.4) is 0 Å². The van der Waals surface area contributed by atoms with Gasteiger partial charge in [0.1, 0.15) is 23.4 Å². The molecule has 2 unspecified atom stereocenters. The van der Waals surface area contributed by atoms with Crippen LogP contribution in [0.15, 0.2) is 18.2 Å². The van der Waals surface area contributed by atoms with E-state index in [1.807, 2.05) is 0 Å². The molecule has 0 spiro atoms. The number of primary amides is 1. The summed E-state index contributed by atoms with van der Waals surface area (Å²) in [5, 5.41) is 15.2. The number of carbonyl (C=O) groups is 4. The minimum Gasteiger partial charge on any atom is -0.508 e. The number of benzene rings is 1. The second-order valence-corrected chi connectivity index (χ2v) is 9.82. The lowest BCUT2D eigenvalue weighted by Crippen LogP contribution is -2.56. The van der Waals surface area contributed by atoms with Gasteiger partial charge in [-0.1, -0.05) is 6.07 Å². The first-order chi connectivity index (χ1) is 15.5. The van der Waals surface area contributed by atoms with Crippen LogP contribution in [0.2, 0.25) is 0 Å². The van der Waals surface area contributed by atoms with Crippen molar-refractivity contribution in [2.75, 3.05) is 0 Å². The summed E-state index contributed by atoms with van der Waals surface area (Å²) in [6, 6.07) is 1.47. The van der Waals surface area contributed by atoms with Gasteiger partial charge in [-0.2, -0.15) is 0 Å². The highest BCUT2D eigenvalue weighted by atomic mass is 16.6. The average molecular weight is 479 g/mol. The van der Waals surface area contributed by atoms with E-state index in [9.17, 15) is 24.3 Å². The van der Waals surface area contributed by atoms with Crippen LogP contribution in [0.4, 0.5) is 4.79 Å². The van der Waals surface area contributed by atoms with E-state index in [0.717, 1.165) is 0 Å². The molecule has 0 radical (unpaired) electrons. The Bertz CT molecular complexity index is 907. The van der Waals surface area contributed by atoms with Crippen molar-refractivity contribution in [1.82, 2.24) is 15.5 Å². The summed E-state index contributed by atoms with van der Waals surface area (Å²) >= 11 is 0. The normalized spacial score (nSPS) is 13.2. The second kappa shape index (κ2) is 11.7. The molecule has 0 aliphatic carbocycles. The van der Waals surface area contributed by atoms with Crippen LogP contribution >= 0.6 is 0 Å². The topological polar surface area (TPSA) is 151 Å². The third kappa shape index (κ3) is 8.57. The van der Waals surface area contributed by atoms with Crippen molar-refractivity contribution in [3.63, 3.8) is 0 Å². The van der Waals surface area contributed by atoms with E-state index in [0.29, 0.717) is 11.1 Å². The number of phenolic OH excluding ortho intramolecular Hbond substituents is 1. The molecule has 1 aromatic carbocycles. The maximum atomic E-state index is 13.7. The highest BCUT2D eigenvalue weighted by Gasteiger charge is 2.38. The molecule has 1 rings (SSSR count). The number of nitrogens with zero attached hydrogens (tertiary/aromatic N) is 1. The Morgan fingerprint density at radius 1 is 1.09 bits per heavy atom. The standard InChI is InChI=1S/C24H38N4O6/c1-13(2)26-21(31)20(16-9-10-18(29)15(5)11-16)28(14(3)4)22(32)17(12-19(25)30)27-23(33)34-24(6,7)8/h9-11,13-14,17,20,29H,12H2,1-8H3,(H2,25,30)(H,26,31)(H,27,33). The molecule has 190 valence electrons. The molecule has 1 aromatic rings. The van der Waals surface area contributed by atoms with Gasteiger partial charge >= 0.3 is 6.09 Å². The zero-order valence-electron chi connectivity index (χ0n) is 21.3. The van der Waals surface area contributed by atoms with E-state index in [1.54, 1.807) is 67.5 Å². The van der Waals surface area contributed by atoms with Crippen molar-refractivity contribution < 1.29 is 29.0 Å². The van der Waals surface area contributed by atoms with Gasteiger partial charge in [-0.3, -0.25) is 14.4 Å². The molecule has 2 atom stereocenters. The predicted molar refractivity (Wildman–Crippen MR) is 128 cm³/mol. The Morgan fingerprint density at radius 3 is 2.12 bits per heavy atom. The highest BCUT2D eigenvalue weighted by molar-refractivity contribution is 5.94. The Hall–Kier alpha value is -3.30. The molecule has 10 nitrogen and oxygen atoms in total. The van der Waals surface area contributed by atoms with Crippen molar-refractivity contribution >= 4 is 23.8 Å². The predicted octanol–water partition coefficient (Wildman–Crippen LogP) is 2.27. The molecule has 0 aliphatic rings. The van der Waals surface area contributed by atoms with Crippen molar-refractivity contribution in [2.24, 2.45) is 5.73 Å². The zero-order chi connectivity index (χ0) is 26.4. The van der Waals surface area contributed by atoms with E-state index in [2.05, 4.69) is 10.6 Å². The number of aromatic hydroxyl groups is 1. The van der Waals surface area contributed by atoms with Crippen LogP contribution in [0.5, 0.6) is 5.75 Å². The minimum atomic E-state index is -1.35.